The van der Waals surface area contributed by atoms with E-state index in [4.69, 9.17) is 5.73 Å². The van der Waals surface area contributed by atoms with Crippen molar-refractivity contribution >= 4 is 5.69 Å². The van der Waals surface area contributed by atoms with Crippen LogP contribution in [-0.2, 0) is 0 Å². The Labute approximate surface area is 110 Å². The number of rotatable bonds is 2. The summed E-state index contributed by atoms with van der Waals surface area (Å²) in [7, 11) is 0. The van der Waals surface area contributed by atoms with Crippen LogP contribution in [0.3, 0.4) is 0 Å². The van der Waals surface area contributed by atoms with Crippen LogP contribution in [0.5, 0.6) is 0 Å². The number of nitrogens with two attached hydrogens (primary N) is 1. The smallest absolute Gasteiger partial charge is 0.115 e. The summed E-state index contributed by atoms with van der Waals surface area (Å²) in [5.41, 5.74) is 9.76. The number of aromatic nitrogens is 4. The minimum Gasteiger partial charge on any atom is -0.399 e. The zero-order valence-corrected chi connectivity index (χ0v) is 10.1. The lowest BCUT2D eigenvalue weighted by atomic mass is 10.1. The topological polar surface area (TPSA) is 77.6 Å². The largest absolute Gasteiger partial charge is 0.399 e. The van der Waals surface area contributed by atoms with Gasteiger partial charge in [-0.25, -0.2) is 9.97 Å². The van der Waals surface area contributed by atoms with Crippen LogP contribution in [0, 0.1) is 0 Å². The van der Waals surface area contributed by atoms with Crippen LogP contribution in [-0.4, -0.2) is 19.9 Å². The van der Waals surface area contributed by atoms with E-state index in [9.17, 15) is 0 Å². The summed E-state index contributed by atoms with van der Waals surface area (Å²) in [4.78, 5) is 16.8. The molecule has 0 unspecified atom stereocenters. The molecular formula is C14H11N5. The molecule has 0 saturated heterocycles. The predicted molar refractivity (Wildman–Crippen MR) is 72.9 cm³/mol. The summed E-state index contributed by atoms with van der Waals surface area (Å²) in [6.45, 7) is 0. The van der Waals surface area contributed by atoms with Crippen LogP contribution in [0.1, 0.15) is 0 Å². The normalized spacial score (nSPS) is 10.3. The van der Waals surface area contributed by atoms with E-state index in [-0.39, 0.29) is 0 Å². The molecule has 3 aromatic rings. The molecule has 0 radical (unpaired) electrons. The molecule has 0 spiro atoms. The van der Waals surface area contributed by atoms with Gasteiger partial charge in [0.05, 0.1) is 11.4 Å². The molecule has 1 aromatic carbocycles. The van der Waals surface area contributed by atoms with Crippen molar-refractivity contribution in [2.45, 2.75) is 0 Å². The fourth-order valence-corrected chi connectivity index (χ4v) is 1.82. The van der Waals surface area contributed by atoms with Crippen molar-refractivity contribution < 1.29 is 0 Å². The Morgan fingerprint density at radius 1 is 0.737 bits per heavy atom. The molecule has 3 rings (SSSR count). The Kier molecular flexibility index (Phi) is 2.86. The van der Waals surface area contributed by atoms with Gasteiger partial charge in [0.15, 0.2) is 0 Å². The molecule has 92 valence electrons. The van der Waals surface area contributed by atoms with Gasteiger partial charge in [0.1, 0.15) is 6.33 Å². The minimum atomic E-state index is 0.720. The lowest BCUT2D eigenvalue weighted by Crippen LogP contribution is -1.94. The monoisotopic (exact) mass is 249 g/mol. The highest BCUT2D eigenvalue weighted by molar-refractivity contribution is 5.77. The van der Waals surface area contributed by atoms with E-state index >= 15 is 0 Å². The summed E-state index contributed by atoms with van der Waals surface area (Å²) in [6, 6.07) is 7.53. The number of nitrogen functional groups attached to an aromatic ring is 1. The standard InChI is InChI=1S/C14H11N5/c15-12-3-1-10(2-4-12)13-14(19-6-5-18-13)11-7-16-9-17-8-11/h1-9H,15H2. The fraction of sp³-hybridized carbons (Fsp3) is 0. The SMILES string of the molecule is Nc1ccc(-c2nccnc2-c2cncnc2)cc1. The first-order chi connectivity index (χ1) is 9.34. The second-order valence-electron chi connectivity index (χ2n) is 4.00. The molecule has 0 amide bonds. The second-order valence-corrected chi connectivity index (χ2v) is 4.00. The molecule has 2 aromatic heterocycles. The van der Waals surface area contributed by atoms with Crippen molar-refractivity contribution in [3.63, 3.8) is 0 Å². The van der Waals surface area contributed by atoms with Gasteiger partial charge >= 0.3 is 0 Å². The molecule has 0 atom stereocenters. The van der Waals surface area contributed by atoms with E-state index in [1.54, 1.807) is 24.8 Å². The van der Waals surface area contributed by atoms with E-state index in [0.29, 0.717) is 0 Å². The zero-order valence-electron chi connectivity index (χ0n) is 10.1. The Hall–Kier alpha value is -2.82. The quantitative estimate of drug-likeness (QED) is 0.704. The highest BCUT2D eigenvalue weighted by atomic mass is 14.8. The maximum Gasteiger partial charge on any atom is 0.115 e. The summed E-state index contributed by atoms with van der Waals surface area (Å²) in [5, 5.41) is 0. The molecule has 5 heteroatoms. The third kappa shape index (κ3) is 2.26. The molecule has 5 nitrogen and oxygen atoms in total. The zero-order chi connectivity index (χ0) is 13.1. The van der Waals surface area contributed by atoms with Crippen molar-refractivity contribution in [2.75, 3.05) is 5.73 Å². The van der Waals surface area contributed by atoms with Gasteiger partial charge in [0.2, 0.25) is 0 Å². The number of hydrogen-bond donors (Lipinski definition) is 1. The third-order valence-electron chi connectivity index (χ3n) is 2.72. The van der Waals surface area contributed by atoms with E-state index in [1.165, 1.54) is 6.33 Å². The molecule has 0 bridgehead atoms. The van der Waals surface area contributed by atoms with Crippen LogP contribution < -0.4 is 5.73 Å². The average Bonchev–Trinajstić information content (AvgIpc) is 2.49. The summed E-state index contributed by atoms with van der Waals surface area (Å²) in [6.07, 6.45) is 8.25. The number of hydrogen-bond acceptors (Lipinski definition) is 5. The van der Waals surface area contributed by atoms with Gasteiger partial charge in [-0.3, -0.25) is 9.97 Å². The van der Waals surface area contributed by atoms with Crippen molar-refractivity contribution in [2.24, 2.45) is 0 Å². The molecule has 0 fully saturated rings. The van der Waals surface area contributed by atoms with Gasteiger partial charge < -0.3 is 5.73 Å². The van der Waals surface area contributed by atoms with Gasteiger partial charge in [-0.15, -0.1) is 0 Å². The molecule has 0 aliphatic rings. The Morgan fingerprint density at radius 3 is 1.95 bits per heavy atom. The van der Waals surface area contributed by atoms with Crippen LogP contribution in [0.25, 0.3) is 22.5 Å². The first kappa shape index (κ1) is 11.3. The minimum absolute atomic E-state index is 0.720. The highest BCUT2D eigenvalue weighted by Crippen LogP contribution is 2.27. The van der Waals surface area contributed by atoms with Crippen molar-refractivity contribution in [1.29, 1.82) is 0 Å². The van der Waals surface area contributed by atoms with Crippen LogP contribution in [0.4, 0.5) is 5.69 Å². The number of nitrogens with zero attached hydrogens (tertiary/aromatic N) is 4. The van der Waals surface area contributed by atoms with Crippen molar-refractivity contribution in [3.05, 3.63) is 55.4 Å². The van der Waals surface area contributed by atoms with Gasteiger partial charge in [-0.05, 0) is 12.1 Å². The van der Waals surface area contributed by atoms with Crippen LogP contribution in [0.15, 0.2) is 55.4 Å². The van der Waals surface area contributed by atoms with Gasteiger partial charge in [0, 0.05) is 41.6 Å². The summed E-state index contributed by atoms with van der Waals surface area (Å²) >= 11 is 0. The lowest BCUT2D eigenvalue weighted by molar-refractivity contribution is 1.14. The molecule has 19 heavy (non-hydrogen) atoms. The fourth-order valence-electron chi connectivity index (χ4n) is 1.82. The van der Waals surface area contributed by atoms with Crippen molar-refractivity contribution in [1.82, 2.24) is 19.9 Å². The summed E-state index contributed by atoms with van der Waals surface area (Å²) in [5.74, 6) is 0. The molecule has 0 aliphatic carbocycles. The molecule has 0 aliphatic heterocycles. The highest BCUT2D eigenvalue weighted by Gasteiger charge is 2.10. The molecule has 0 saturated carbocycles. The van der Waals surface area contributed by atoms with Gasteiger partial charge in [-0.2, -0.15) is 0 Å². The second kappa shape index (κ2) is 4.81. The van der Waals surface area contributed by atoms with Crippen molar-refractivity contribution in [3.8, 4) is 22.5 Å². The van der Waals surface area contributed by atoms with Crippen LogP contribution in [0.2, 0.25) is 0 Å². The third-order valence-corrected chi connectivity index (χ3v) is 2.72. The Bertz CT molecular complexity index is 680. The van der Waals surface area contributed by atoms with E-state index in [0.717, 1.165) is 28.2 Å². The molecule has 2 heterocycles. The Balaban J connectivity index is 2.15. The molecule has 2 N–H and O–H groups in total. The maximum absolute atomic E-state index is 5.70. The lowest BCUT2D eigenvalue weighted by Gasteiger charge is -2.07. The van der Waals surface area contributed by atoms with E-state index in [2.05, 4.69) is 19.9 Å². The summed E-state index contributed by atoms with van der Waals surface area (Å²) < 4.78 is 0. The Morgan fingerprint density at radius 2 is 1.32 bits per heavy atom. The van der Waals surface area contributed by atoms with E-state index in [1.807, 2.05) is 24.3 Å². The van der Waals surface area contributed by atoms with Gasteiger partial charge in [-0.1, -0.05) is 12.1 Å². The van der Waals surface area contributed by atoms with Crippen LogP contribution >= 0.6 is 0 Å². The number of anilines is 1. The van der Waals surface area contributed by atoms with Gasteiger partial charge in [0.25, 0.3) is 0 Å². The number of benzene rings is 1. The first-order valence-electron chi connectivity index (χ1n) is 5.77. The molecular weight excluding hydrogens is 238 g/mol. The first-order valence-corrected chi connectivity index (χ1v) is 5.77. The van der Waals surface area contributed by atoms with E-state index < -0.39 is 0 Å². The average molecular weight is 249 g/mol. The maximum atomic E-state index is 5.70. The predicted octanol–water partition coefficient (Wildman–Crippen LogP) is 2.18.